The van der Waals surface area contributed by atoms with Crippen molar-refractivity contribution in [2.45, 2.75) is 31.0 Å². The highest BCUT2D eigenvalue weighted by Gasteiger charge is 2.45. The molecule has 0 aromatic heterocycles. The third-order valence-electron chi connectivity index (χ3n) is 3.88. The minimum atomic E-state index is -4.02. The van der Waals surface area contributed by atoms with Crippen LogP contribution in [-0.4, -0.2) is 25.0 Å². The molecule has 0 aliphatic rings. The minimum absolute atomic E-state index is 0.0425. The van der Waals surface area contributed by atoms with Gasteiger partial charge >= 0.3 is 6.09 Å². The Morgan fingerprint density at radius 2 is 1.78 bits per heavy atom. The lowest BCUT2D eigenvalue weighted by Gasteiger charge is -2.38. The van der Waals surface area contributed by atoms with E-state index in [0.29, 0.717) is 10.0 Å². The highest BCUT2D eigenvalue weighted by Crippen LogP contribution is 2.38. The predicted molar refractivity (Wildman–Crippen MR) is 106 cm³/mol. The number of hydrogen-bond acceptors (Lipinski definition) is 4. The molecule has 0 heterocycles. The third-order valence-corrected chi connectivity index (χ3v) is 6.95. The molecule has 0 radical (unpaired) electrons. The van der Waals surface area contributed by atoms with Crippen LogP contribution in [0.4, 0.5) is 10.5 Å². The van der Waals surface area contributed by atoms with E-state index in [1.165, 1.54) is 30.3 Å². The minimum Gasteiger partial charge on any atom is -0.465 e. The lowest BCUT2D eigenvalue weighted by molar-refractivity contribution is 0.195. The quantitative estimate of drug-likeness (QED) is 0.730. The molecule has 1 amide bonds. The molecule has 0 aliphatic carbocycles. The SMILES string of the molecule is CC(C)(C)C(N(C(=O)O)c1ccc(C#N)cc1Br)S(=O)(=O)c1ccccc1. The Balaban J connectivity index is 2.74. The molecule has 1 unspecified atom stereocenters. The lowest BCUT2D eigenvalue weighted by Crippen LogP contribution is -2.52. The largest absolute Gasteiger partial charge is 0.465 e. The molecule has 142 valence electrons. The van der Waals surface area contributed by atoms with Gasteiger partial charge in [-0.25, -0.2) is 13.2 Å². The van der Waals surface area contributed by atoms with Gasteiger partial charge in [-0.2, -0.15) is 5.26 Å². The zero-order valence-electron chi connectivity index (χ0n) is 15.0. The van der Waals surface area contributed by atoms with Crippen LogP contribution in [0, 0.1) is 16.7 Å². The highest BCUT2D eigenvalue weighted by atomic mass is 79.9. The molecule has 6 nitrogen and oxygen atoms in total. The lowest BCUT2D eigenvalue weighted by atomic mass is 9.95. The summed E-state index contributed by atoms with van der Waals surface area (Å²) in [6, 6.07) is 14.1. The number of rotatable bonds is 4. The van der Waals surface area contributed by atoms with E-state index in [-0.39, 0.29) is 10.6 Å². The van der Waals surface area contributed by atoms with Gasteiger partial charge in [-0.15, -0.1) is 0 Å². The fourth-order valence-corrected chi connectivity index (χ4v) is 5.61. The van der Waals surface area contributed by atoms with Crippen LogP contribution in [0.5, 0.6) is 0 Å². The topological polar surface area (TPSA) is 98.5 Å². The van der Waals surface area contributed by atoms with Crippen molar-refractivity contribution >= 4 is 37.5 Å². The summed E-state index contributed by atoms with van der Waals surface area (Å²) in [4.78, 5) is 13.0. The molecule has 0 fully saturated rings. The molecule has 8 heteroatoms. The zero-order chi connectivity index (χ0) is 20.4. The van der Waals surface area contributed by atoms with Crippen molar-refractivity contribution < 1.29 is 18.3 Å². The molecule has 0 saturated heterocycles. The van der Waals surface area contributed by atoms with E-state index < -0.39 is 26.7 Å². The van der Waals surface area contributed by atoms with Crippen LogP contribution < -0.4 is 4.90 Å². The van der Waals surface area contributed by atoms with Crippen LogP contribution in [0.25, 0.3) is 0 Å². The Labute approximate surface area is 167 Å². The summed E-state index contributed by atoms with van der Waals surface area (Å²) in [5, 5.41) is 17.5. The van der Waals surface area contributed by atoms with Gasteiger partial charge in [0.05, 0.1) is 22.2 Å². The van der Waals surface area contributed by atoms with Crippen molar-refractivity contribution in [1.29, 1.82) is 5.26 Å². The van der Waals surface area contributed by atoms with Gasteiger partial charge in [0.2, 0.25) is 0 Å². The van der Waals surface area contributed by atoms with E-state index in [1.54, 1.807) is 39.0 Å². The Bertz CT molecular complexity index is 993. The summed E-state index contributed by atoms with van der Waals surface area (Å²) in [6.07, 6.45) is -1.40. The maximum absolute atomic E-state index is 13.4. The monoisotopic (exact) mass is 450 g/mol. The number of hydrogen-bond donors (Lipinski definition) is 1. The van der Waals surface area contributed by atoms with Crippen molar-refractivity contribution in [3.63, 3.8) is 0 Å². The number of carboxylic acid groups (broad SMARTS) is 1. The average Bonchev–Trinajstić information content (AvgIpc) is 2.59. The first-order valence-electron chi connectivity index (χ1n) is 8.01. The summed E-state index contributed by atoms with van der Waals surface area (Å²) in [7, 11) is -4.02. The smallest absolute Gasteiger partial charge is 0.413 e. The van der Waals surface area contributed by atoms with Crippen LogP contribution >= 0.6 is 15.9 Å². The first-order chi connectivity index (χ1) is 12.5. The van der Waals surface area contributed by atoms with Crippen LogP contribution in [0.1, 0.15) is 26.3 Å². The number of nitriles is 1. The summed E-state index contributed by atoms with van der Waals surface area (Å²) in [5.41, 5.74) is -0.449. The fourth-order valence-electron chi connectivity index (χ4n) is 2.83. The zero-order valence-corrected chi connectivity index (χ0v) is 17.5. The van der Waals surface area contributed by atoms with Gasteiger partial charge in [0.25, 0.3) is 0 Å². The highest BCUT2D eigenvalue weighted by molar-refractivity contribution is 9.10. The van der Waals surface area contributed by atoms with Gasteiger partial charge in [-0.1, -0.05) is 39.0 Å². The normalized spacial score (nSPS) is 12.9. The van der Waals surface area contributed by atoms with E-state index >= 15 is 0 Å². The molecule has 27 heavy (non-hydrogen) atoms. The van der Waals surface area contributed by atoms with Crippen molar-refractivity contribution in [2.75, 3.05) is 4.90 Å². The molecule has 0 aliphatic heterocycles. The number of nitrogens with zero attached hydrogens (tertiary/aromatic N) is 2. The van der Waals surface area contributed by atoms with Gasteiger partial charge in [0.1, 0.15) is 0 Å². The molecular formula is C19H19BrN2O4S. The maximum Gasteiger partial charge on any atom is 0.413 e. The molecule has 1 atom stereocenters. The summed E-state index contributed by atoms with van der Waals surface area (Å²) >= 11 is 3.26. The molecule has 0 saturated carbocycles. The van der Waals surface area contributed by atoms with E-state index in [0.717, 1.165) is 4.90 Å². The van der Waals surface area contributed by atoms with E-state index in [4.69, 9.17) is 5.26 Å². The predicted octanol–water partition coefficient (Wildman–Crippen LogP) is 4.65. The second-order valence-corrected chi connectivity index (χ2v) is 9.87. The maximum atomic E-state index is 13.4. The first-order valence-corrected chi connectivity index (χ1v) is 10.3. The number of anilines is 1. The summed E-state index contributed by atoms with van der Waals surface area (Å²) < 4.78 is 27.0. The van der Waals surface area contributed by atoms with Crippen molar-refractivity contribution in [3.05, 3.63) is 58.6 Å². The Morgan fingerprint density at radius 3 is 2.22 bits per heavy atom. The van der Waals surface area contributed by atoms with Gasteiger partial charge < -0.3 is 5.11 Å². The third kappa shape index (κ3) is 4.31. The van der Waals surface area contributed by atoms with Crippen LogP contribution in [-0.2, 0) is 9.84 Å². The van der Waals surface area contributed by atoms with Gasteiger partial charge in [-0.05, 0) is 51.7 Å². The second kappa shape index (κ2) is 7.71. The number of amides is 1. The van der Waals surface area contributed by atoms with E-state index in [2.05, 4.69) is 15.9 Å². The Hall–Kier alpha value is -2.37. The Morgan fingerprint density at radius 1 is 1.19 bits per heavy atom. The fraction of sp³-hybridized carbons (Fsp3) is 0.263. The molecule has 2 rings (SSSR count). The standard InChI is InChI=1S/C19H19BrN2O4S/c1-19(2,3)17(27(25,26)14-7-5-4-6-8-14)22(18(23)24)16-10-9-13(12-21)11-15(16)20/h4-11,17H,1-3H3,(H,23,24). The molecule has 0 bridgehead atoms. The van der Waals surface area contributed by atoms with E-state index in [1.807, 2.05) is 6.07 Å². The molecule has 0 spiro atoms. The second-order valence-electron chi connectivity index (χ2n) is 7.01. The van der Waals surface area contributed by atoms with Crippen LogP contribution in [0.15, 0.2) is 57.9 Å². The molecule has 2 aromatic rings. The van der Waals surface area contributed by atoms with E-state index in [9.17, 15) is 18.3 Å². The molecular weight excluding hydrogens is 432 g/mol. The van der Waals surface area contributed by atoms with Gasteiger partial charge in [0, 0.05) is 4.47 Å². The van der Waals surface area contributed by atoms with Gasteiger partial charge in [-0.3, -0.25) is 4.90 Å². The number of benzene rings is 2. The average molecular weight is 451 g/mol. The number of carbonyl (C=O) groups is 1. The summed E-state index contributed by atoms with van der Waals surface area (Å²) in [5.74, 6) is 0. The first kappa shape index (κ1) is 20.9. The van der Waals surface area contributed by atoms with Gasteiger partial charge in [0.15, 0.2) is 15.2 Å². The summed E-state index contributed by atoms with van der Waals surface area (Å²) in [6.45, 7) is 5.02. The van der Waals surface area contributed by atoms with Crippen molar-refractivity contribution in [1.82, 2.24) is 0 Å². The number of sulfone groups is 1. The van der Waals surface area contributed by atoms with Crippen molar-refractivity contribution in [3.8, 4) is 6.07 Å². The van der Waals surface area contributed by atoms with Crippen LogP contribution in [0.2, 0.25) is 0 Å². The van der Waals surface area contributed by atoms with Crippen molar-refractivity contribution in [2.24, 2.45) is 5.41 Å². The molecule has 1 N–H and O–H groups in total. The molecule has 2 aromatic carbocycles. The Kier molecular flexibility index (Phi) is 5.97. The van der Waals surface area contributed by atoms with Crippen LogP contribution in [0.3, 0.4) is 0 Å². The number of halogens is 1.